The Morgan fingerprint density at radius 1 is 1.18 bits per heavy atom. The molecule has 0 unspecified atom stereocenters. The third kappa shape index (κ3) is 2.41. The van der Waals surface area contributed by atoms with Gasteiger partial charge in [0.05, 0.1) is 17.1 Å². The van der Waals surface area contributed by atoms with E-state index in [9.17, 15) is 13.6 Å². The van der Waals surface area contributed by atoms with Crippen molar-refractivity contribution in [3.05, 3.63) is 53.1 Å². The quantitative estimate of drug-likeness (QED) is 0.745. The summed E-state index contributed by atoms with van der Waals surface area (Å²) in [5.74, 6) is -1.03. The lowest BCUT2D eigenvalue weighted by Crippen LogP contribution is -2.18. The average Bonchev–Trinajstić information content (AvgIpc) is 2.86. The Kier molecular flexibility index (Phi) is 3.32. The number of carboxylic acid groups (broad SMARTS) is 1. The van der Waals surface area contributed by atoms with Crippen molar-refractivity contribution >= 4 is 23.2 Å². The van der Waals surface area contributed by atoms with Crippen molar-refractivity contribution in [3.8, 4) is 0 Å². The third-order valence-corrected chi connectivity index (χ3v) is 3.63. The Labute approximate surface area is 125 Å². The zero-order valence-electron chi connectivity index (χ0n) is 11.4. The highest BCUT2D eigenvalue weighted by atomic mass is 19.1. The highest BCUT2D eigenvalue weighted by molar-refractivity contribution is 5.89. The summed E-state index contributed by atoms with van der Waals surface area (Å²) >= 11 is 0. The SMILES string of the molecule is Nc1c(NC(=O)O)ccc(N2Cc3ccc(F)cc3C2)c1F. The second-order valence-electron chi connectivity index (χ2n) is 5.06. The van der Waals surface area contributed by atoms with Gasteiger partial charge in [-0.05, 0) is 35.4 Å². The van der Waals surface area contributed by atoms with Gasteiger partial charge in [0.1, 0.15) is 5.82 Å². The minimum absolute atomic E-state index is 0.00324. The van der Waals surface area contributed by atoms with Crippen molar-refractivity contribution in [3.63, 3.8) is 0 Å². The number of benzene rings is 2. The fraction of sp³-hybridized carbons (Fsp3) is 0.133. The van der Waals surface area contributed by atoms with Crippen molar-refractivity contribution in [1.29, 1.82) is 0 Å². The minimum Gasteiger partial charge on any atom is -0.465 e. The molecule has 1 heterocycles. The third-order valence-electron chi connectivity index (χ3n) is 3.63. The van der Waals surface area contributed by atoms with E-state index in [1.165, 1.54) is 24.3 Å². The van der Waals surface area contributed by atoms with Crippen LogP contribution in [0.4, 0.5) is 30.6 Å². The molecule has 1 amide bonds. The van der Waals surface area contributed by atoms with Crippen LogP contribution in [0.15, 0.2) is 30.3 Å². The van der Waals surface area contributed by atoms with Crippen LogP contribution in [0.5, 0.6) is 0 Å². The topological polar surface area (TPSA) is 78.6 Å². The summed E-state index contributed by atoms with van der Waals surface area (Å²) < 4.78 is 27.6. The van der Waals surface area contributed by atoms with Crippen LogP contribution in [0, 0.1) is 11.6 Å². The molecular weight excluding hydrogens is 292 g/mol. The summed E-state index contributed by atoms with van der Waals surface area (Å²) in [4.78, 5) is 12.3. The lowest BCUT2D eigenvalue weighted by atomic mass is 10.1. The average molecular weight is 305 g/mol. The number of nitrogens with zero attached hydrogens (tertiary/aromatic N) is 1. The van der Waals surface area contributed by atoms with E-state index >= 15 is 0 Å². The van der Waals surface area contributed by atoms with Crippen LogP contribution in [0.2, 0.25) is 0 Å². The molecule has 0 saturated carbocycles. The first-order valence-corrected chi connectivity index (χ1v) is 6.56. The Bertz CT molecular complexity index is 765. The maximum atomic E-state index is 14.4. The maximum Gasteiger partial charge on any atom is 0.409 e. The Hall–Kier alpha value is -2.83. The zero-order chi connectivity index (χ0) is 15.9. The normalized spacial score (nSPS) is 13.1. The van der Waals surface area contributed by atoms with Crippen LogP contribution >= 0.6 is 0 Å². The van der Waals surface area contributed by atoms with E-state index in [1.807, 2.05) is 5.32 Å². The van der Waals surface area contributed by atoms with Gasteiger partial charge in [0, 0.05) is 13.1 Å². The van der Waals surface area contributed by atoms with Crippen LogP contribution in [0.25, 0.3) is 0 Å². The number of fused-ring (bicyclic) bond motifs is 1. The van der Waals surface area contributed by atoms with E-state index < -0.39 is 11.9 Å². The second-order valence-corrected chi connectivity index (χ2v) is 5.06. The number of nitrogen functional groups attached to an aromatic ring is 1. The summed E-state index contributed by atoms with van der Waals surface area (Å²) in [6.45, 7) is 0.812. The molecule has 0 aromatic heterocycles. The van der Waals surface area contributed by atoms with Crippen molar-refractivity contribution in [2.45, 2.75) is 13.1 Å². The molecule has 0 fully saturated rings. The fourth-order valence-corrected chi connectivity index (χ4v) is 2.58. The molecule has 1 aliphatic heterocycles. The summed E-state index contributed by atoms with van der Waals surface area (Å²) in [6, 6.07) is 7.33. The van der Waals surface area contributed by atoms with E-state index in [1.54, 1.807) is 11.0 Å². The van der Waals surface area contributed by atoms with Gasteiger partial charge >= 0.3 is 6.09 Å². The van der Waals surface area contributed by atoms with Crippen molar-refractivity contribution in [1.82, 2.24) is 0 Å². The number of carbonyl (C=O) groups is 1. The molecule has 2 aromatic rings. The number of rotatable bonds is 2. The highest BCUT2D eigenvalue weighted by Crippen LogP contribution is 2.35. The monoisotopic (exact) mass is 305 g/mol. The van der Waals surface area contributed by atoms with Crippen molar-refractivity contribution in [2.24, 2.45) is 0 Å². The molecule has 2 aromatic carbocycles. The number of hydrogen-bond donors (Lipinski definition) is 3. The Morgan fingerprint density at radius 2 is 1.91 bits per heavy atom. The van der Waals surface area contributed by atoms with Gasteiger partial charge in [-0.3, -0.25) is 5.32 Å². The van der Waals surface area contributed by atoms with Crippen molar-refractivity contribution < 1.29 is 18.7 Å². The van der Waals surface area contributed by atoms with E-state index in [-0.39, 0.29) is 22.9 Å². The second kappa shape index (κ2) is 5.18. The first-order chi connectivity index (χ1) is 10.5. The largest absolute Gasteiger partial charge is 0.465 e. The number of halogens is 2. The van der Waals surface area contributed by atoms with Gasteiger partial charge in [-0.2, -0.15) is 0 Å². The van der Waals surface area contributed by atoms with Gasteiger partial charge in [0.15, 0.2) is 5.82 Å². The molecule has 0 saturated heterocycles. The molecule has 0 radical (unpaired) electrons. The minimum atomic E-state index is -1.32. The molecule has 0 atom stereocenters. The van der Waals surface area contributed by atoms with Crippen LogP contribution < -0.4 is 16.0 Å². The predicted octanol–water partition coefficient (Wildman–Crippen LogP) is 3.16. The molecule has 0 spiro atoms. The van der Waals surface area contributed by atoms with Gasteiger partial charge in [0.2, 0.25) is 0 Å². The first-order valence-electron chi connectivity index (χ1n) is 6.56. The van der Waals surface area contributed by atoms with E-state index in [4.69, 9.17) is 10.8 Å². The lowest BCUT2D eigenvalue weighted by Gasteiger charge is -2.20. The van der Waals surface area contributed by atoms with E-state index in [0.717, 1.165) is 11.1 Å². The number of hydrogen-bond acceptors (Lipinski definition) is 3. The number of nitrogens with one attached hydrogen (secondary N) is 1. The van der Waals surface area contributed by atoms with Crippen LogP contribution in [-0.4, -0.2) is 11.2 Å². The van der Waals surface area contributed by atoms with Gasteiger partial charge in [0.25, 0.3) is 0 Å². The molecule has 4 N–H and O–H groups in total. The summed E-state index contributed by atoms with van der Waals surface area (Å²) in [5.41, 5.74) is 7.35. The standard InChI is InChI=1S/C15H13F2N3O2/c16-10-2-1-8-6-20(7-9(8)5-10)12-4-3-11(19-15(21)22)14(18)13(12)17/h1-5,19H,6-7,18H2,(H,21,22). The summed E-state index contributed by atoms with van der Waals surface area (Å²) in [5, 5.41) is 10.7. The molecule has 1 aliphatic rings. The van der Waals surface area contributed by atoms with Gasteiger partial charge in [-0.15, -0.1) is 0 Å². The van der Waals surface area contributed by atoms with Gasteiger partial charge < -0.3 is 15.7 Å². The van der Waals surface area contributed by atoms with Crippen molar-refractivity contribution in [2.75, 3.05) is 16.0 Å². The van der Waals surface area contributed by atoms with Gasteiger partial charge in [-0.1, -0.05) is 6.07 Å². The Balaban J connectivity index is 1.91. The smallest absolute Gasteiger partial charge is 0.409 e. The predicted molar refractivity (Wildman–Crippen MR) is 78.7 cm³/mol. The van der Waals surface area contributed by atoms with Crippen LogP contribution in [0.1, 0.15) is 11.1 Å². The molecule has 114 valence electrons. The van der Waals surface area contributed by atoms with Crippen LogP contribution in [-0.2, 0) is 13.1 Å². The molecule has 0 bridgehead atoms. The van der Waals surface area contributed by atoms with Crippen LogP contribution in [0.3, 0.4) is 0 Å². The molecule has 0 aliphatic carbocycles. The van der Waals surface area contributed by atoms with Gasteiger partial charge in [-0.25, -0.2) is 13.6 Å². The lowest BCUT2D eigenvalue weighted by molar-refractivity contribution is 0.210. The first kappa shape index (κ1) is 14.1. The summed E-state index contributed by atoms with van der Waals surface area (Å²) in [7, 11) is 0. The molecule has 22 heavy (non-hydrogen) atoms. The highest BCUT2D eigenvalue weighted by Gasteiger charge is 2.23. The summed E-state index contributed by atoms with van der Waals surface area (Å²) in [6.07, 6.45) is -1.32. The maximum absolute atomic E-state index is 14.4. The number of anilines is 3. The van der Waals surface area contributed by atoms with E-state index in [0.29, 0.717) is 13.1 Å². The molecule has 7 heteroatoms. The molecular formula is C15H13F2N3O2. The van der Waals surface area contributed by atoms with E-state index in [2.05, 4.69) is 0 Å². The molecule has 3 rings (SSSR count). The Morgan fingerprint density at radius 3 is 2.64 bits per heavy atom. The number of nitrogens with two attached hydrogens (primary N) is 1. The number of amides is 1. The zero-order valence-corrected chi connectivity index (χ0v) is 11.4. The molecule has 5 nitrogen and oxygen atoms in total. The fourth-order valence-electron chi connectivity index (χ4n) is 2.58.